The lowest BCUT2D eigenvalue weighted by molar-refractivity contribution is -0.137. The summed E-state index contributed by atoms with van der Waals surface area (Å²) in [6.07, 6.45) is -4.06. The quantitative estimate of drug-likeness (QED) is 0.591. The number of carbonyl (C=O) groups is 1. The van der Waals surface area contributed by atoms with Crippen molar-refractivity contribution in [3.63, 3.8) is 0 Å². The molecule has 0 saturated carbocycles. The molecule has 0 saturated heterocycles. The Balaban J connectivity index is 1.61. The number of hydrogen-bond donors (Lipinski definition) is 1. The first-order chi connectivity index (χ1) is 14.5. The molecular formula is C19H20F3N5O3S. The topological polar surface area (TPSA) is 97.2 Å². The summed E-state index contributed by atoms with van der Waals surface area (Å²) in [7, 11) is -0.734. The Morgan fingerprint density at radius 3 is 2.58 bits per heavy atom. The zero-order valence-electron chi connectivity index (χ0n) is 16.7. The second kappa shape index (κ2) is 8.63. The maximum atomic E-state index is 12.8. The summed E-state index contributed by atoms with van der Waals surface area (Å²) in [5.74, 6) is -0.428. The van der Waals surface area contributed by atoms with Gasteiger partial charge in [0.2, 0.25) is 15.9 Å². The summed E-state index contributed by atoms with van der Waals surface area (Å²) >= 11 is 0. The first kappa shape index (κ1) is 22.7. The van der Waals surface area contributed by atoms with Crippen LogP contribution in [0.3, 0.4) is 0 Å². The summed E-state index contributed by atoms with van der Waals surface area (Å²) in [6, 6.07) is 8.89. The number of sulfonamides is 1. The number of nitrogens with one attached hydrogen (secondary N) is 1. The molecule has 1 N–H and O–H groups in total. The maximum absolute atomic E-state index is 12.8. The van der Waals surface area contributed by atoms with Crippen LogP contribution in [0.1, 0.15) is 18.4 Å². The molecule has 3 aromatic rings. The predicted molar refractivity (Wildman–Crippen MR) is 108 cm³/mol. The lowest BCUT2D eigenvalue weighted by atomic mass is 10.2. The minimum Gasteiger partial charge on any atom is -0.326 e. The molecule has 0 spiro atoms. The van der Waals surface area contributed by atoms with Crippen LogP contribution in [0.15, 0.2) is 47.4 Å². The summed E-state index contributed by atoms with van der Waals surface area (Å²) in [6.45, 7) is 0.326. The standard InChI is InChI=1S/C19H20F3N5O3S/c1-26(2)31(29,30)15-8-9-17-16(12-15)24-25-27(17)10-4-7-18(28)23-14-6-3-5-13(11-14)19(20,21)22/h3,5-6,8-9,11-12H,4,7,10H2,1-2H3,(H,23,28). The molecule has 8 nitrogen and oxygen atoms in total. The van der Waals surface area contributed by atoms with E-state index in [4.69, 9.17) is 0 Å². The third-order valence-corrected chi connectivity index (χ3v) is 6.32. The van der Waals surface area contributed by atoms with E-state index in [0.717, 1.165) is 16.4 Å². The van der Waals surface area contributed by atoms with Gasteiger partial charge in [0.25, 0.3) is 0 Å². The number of rotatable bonds is 7. The number of aryl methyl sites for hydroxylation is 1. The average Bonchev–Trinajstić information content (AvgIpc) is 3.10. The predicted octanol–water partition coefficient (Wildman–Crippen LogP) is 3.12. The van der Waals surface area contributed by atoms with E-state index in [2.05, 4.69) is 15.6 Å². The Morgan fingerprint density at radius 2 is 1.90 bits per heavy atom. The number of alkyl halides is 3. The summed E-state index contributed by atoms with van der Waals surface area (Å²) in [5, 5.41) is 10.4. The van der Waals surface area contributed by atoms with Crippen LogP contribution in [0.25, 0.3) is 11.0 Å². The van der Waals surface area contributed by atoms with Crippen LogP contribution in [0, 0.1) is 0 Å². The fourth-order valence-corrected chi connectivity index (χ4v) is 3.80. The van der Waals surface area contributed by atoms with Gasteiger partial charge in [-0.25, -0.2) is 17.4 Å². The normalized spacial score (nSPS) is 12.5. The van der Waals surface area contributed by atoms with Crippen molar-refractivity contribution in [1.82, 2.24) is 19.3 Å². The van der Waals surface area contributed by atoms with E-state index < -0.39 is 27.7 Å². The smallest absolute Gasteiger partial charge is 0.326 e. The van der Waals surface area contributed by atoms with E-state index in [1.54, 1.807) is 10.7 Å². The molecule has 1 aromatic heterocycles. The van der Waals surface area contributed by atoms with Crippen molar-refractivity contribution >= 4 is 32.7 Å². The van der Waals surface area contributed by atoms with E-state index in [9.17, 15) is 26.4 Å². The molecule has 0 aliphatic carbocycles. The molecule has 12 heteroatoms. The Kier molecular flexibility index (Phi) is 6.32. The molecule has 1 heterocycles. The highest BCUT2D eigenvalue weighted by molar-refractivity contribution is 7.89. The van der Waals surface area contributed by atoms with Gasteiger partial charge < -0.3 is 5.32 Å². The van der Waals surface area contributed by atoms with Crippen molar-refractivity contribution in [2.24, 2.45) is 0 Å². The van der Waals surface area contributed by atoms with Gasteiger partial charge in [-0.2, -0.15) is 13.2 Å². The highest BCUT2D eigenvalue weighted by Gasteiger charge is 2.30. The van der Waals surface area contributed by atoms with E-state index in [1.807, 2.05) is 0 Å². The van der Waals surface area contributed by atoms with Crippen molar-refractivity contribution in [1.29, 1.82) is 0 Å². The van der Waals surface area contributed by atoms with Crippen LogP contribution in [-0.2, 0) is 27.5 Å². The van der Waals surface area contributed by atoms with E-state index in [0.29, 0.717) is 24.0 Å². The molecule has 0 bridgehead atoms. The number of benzene rings is 2. The van der Waals surface area contributed by atoms with Crippen molar-refractivity contribution in [2.45, 2.75) is 30.5 Å². The van der Waals surface area contributed by atoms with Crippen molar-refractivity contribution in [3.05, 3.63) is 48.0 Å². The van der Waals surface area contributed by atoms with Crippen LogP contribution >= 0.6 is 0 Å². The van der Waals surface area contributed by atoms with Crippen molar-refractivity contribution < 1.29 is 26.4 Å². The first-order valence-corrected chi connectivity index (χ1v) is 10.7. The minimum atomic E-state index is -4.49. The maximum Gasteiger partial charge on any atom is 0.416 e. The summed E-state index contributed by atoms with van der Waals surface area (Å²) in [4.78, 5) is 12.2. The molecule has 0 unspecified atom stereocenters. The Morgan fingerprint density at radius 1 is 1.16 bits per heavy atom. The molecule has 0 aliphatic heterocycles. The highest BCUT2D eigenvalue weighted by Crippen LogP contribution is 2.30. The summed E-state index contributed by atoms with van der Waals surface area (Å²) in [5.41, 5.74) is 0.239. The minimum absolute atomic E-state index is 0.0602. The Hall–Kier alpha value is -2.99. The Labute approximate surface area is 176 Å². The monoisotopic (exact) mass is 455 g/mol. The zero-order valence-corrected chi connectivity index (χ0v) is 17.5. The molecule has 31 heavy (non-hydrogen) atoms. The van der Waals surface area contributed by atoms with Crippen molar-refractivity contribution in [2.75, 3.05) is 19.4 Å². The van der Waals surface area contributed by atoms with E-state index >= 15 is 0 Å². The first-order valence-electron chi connectivity index (χ1n) is 9.21. The number of amides is 1. The van der Waals surface area contributed by atoms with Gasteiger partial charge in [0.1, 0.15) is 5.52 Å². The van der Waals surface area contributed by atoms with Gasteiger partial charge >= 0.3 is 6.18 Å². The van der Waals surface area contributed by atoms with Crippen LogP contribution < -0.4 is 5.32 Å². The Bertz CT molecular complexity index is 1210. The number of aromatic nitrogens is 3. The second-order valence-electron chi connectivity index (χ2n) is 6.98. The van der Waals surface area contributed by atoms with Crippen molar-refractivity contribution in [3.8, 4) is 0 Å². The van der Waals surface area contributed by atoms with Crippen LogP contribution in [-0.4, -0.2) is 47.7 Å². The molecule has 166 valence electrons. The zero-order chi connectivity index (χ0) is 22.8. The lowest BCUT2D eigenvalue weighted by Gasteiger charge is -2.11. The largest absolute Gasteiger partial charge is 0.416 e. The third-order valence-electron chi connectivity index (χ3n) is 4.51. The fourth-order valence-electron chi connectivity index (χ4n) is 2.87. The molecular weight excluding hydrogens is 435 g/mol. The molecule has 0 aliphatic rings. The fraction of sp³-hybridized carbons (Fsp3) is 0.316. The van der Waals surface area contributed by atoms with E-state index in [-0.39, 0.29) is 17.0 Å². The van der Waals surface area contributed by atoms with Gasteiger partial charge in [-0.1, -0.05) is 11.3 Å². The van der Waals surface area contributed by atoms with Gasteiger partial charge in [0, 0.05) is 32.7 Å². The molecule has 0 atom stereocenters. The molecule has 0 radical (unpaired) electrons. The molecule has 3 rings (SSSR count). The van der Waals surface area contributed by atoms with Gasteiger partial charge in [-0.3, -0.25) is 4.79 Å². The van der Waals surface area contributed by atoms with Gasteiger partial charge in [0.05, 0.1) is 16.0 Å². The molecule has 2 aromatic carbocycles. The summed E-state index contributed by atoms with van der Waals surface area (Å²) < 4.78 is 65.4. The van der Waals surface area contributed by atoms with Crippen LogP contribution in [0.5, 0.6) is 0 Å². The van der Waals surface area contributed by atoms with Gasteiger partial charge in [0.15, 0.2) is 0 Å². The average molecular weight is 455 g/mol. The van der Waals surface area contributed by atoms with Gasteiger partial charge in [-0.05, 0) is 42.8 Å². The third kappa shape index (κ3) is 5.20. The number of nitrogens with zero attached hydrogens (tertiary/aromatic N) is 4. The number of fused-ring (bicyclic) bond motifs is 1. The van der Waals surface area contributed by atoms with Crippen LogP contribution in [0.2, 0.25) is 0 Å². The van der Waals surface area contributed by atoms with Crippen LogP contribution in [0.4, 0.5) is 18.9 Å². The molecule has 1 amide bonds. The number of halogens is 3. The highest BCUT2D eigenvalue weighted by atomic mass is 32.2. The van der Waals surface area contributed by atoms with E-state index in [1.165, 1.54) is 38.4 Å². The number of hydrogen-bond acceptors (Lipinski definition) is 5. The second-order valence-corrected chi connectivity index (χ2v) is 9.13. The molecule has 0 fully saturated rings. The number of carbonyl (C=O) groups excluding carboxylic acids is 1. The number of anilines is 1. The van der Waals surface area contributed by atoms with Gasteiger partial charge in [-0.15, -0.1) is 5.10 Å². The SMILES string of the molecule is CN(C)S(=O)(=O)c1ccc2c(c1)nnn2CCCC(=O)Nc1cccc(C(F)(F)F)c1. The lowest BCUT2D eigenvalue weighted by Crippen LogP contribution is -2.22.